The van der Waals surface area contributed by atoms with Crippen LogP contribution in [0.3, 0.4) is 0 Å². The number of aliphatic hydroxyl groups is 1. The van der Waals surface area contributed by atoms with Gasteiger partial charge in [-0.1, -0.05) is 48.5 Å². The highest BCUT2D eigenvalue weighted by Crippen LogP contribution is 2.30. The molecule has 1 aromatic heterocycles. The van der Waals surface area contributed by atoms with Gasteiger partial charge in [-0.05, 0) is 50.0 Å². The highest BCUT2D eigenvalue weighted by Gasteiger charge is 2.35. The van der Waals surface area contributed by atoms with Crippen LogP contribution in [0.4, 0.5) is 0 Å². The summed E-state index contributed by atoms with van der Waals surface area (Å²) in [5.74, 6) is 0. The fourth-order valence-electron chi connectivity index (χ4n) is 3.22. The van der Waals surface area contributed by atoms with Gasteiger partial charge in [0.1, 0.15) is 0 Å². The van der Waals surface area contributed by atoms with Gasteiger partial charge in [0.2, 0.25) is 0 Å². The predicted molar refractivity (Wildman–Crippen MR) is 114 cm³/mol. The van der Waals surface area contributed by atoms with E-state index in [-0.39, 0.29) is 0 Å². The molecule has 0 unspecified atom stereocenters. The minimum atomic E-state index is -0.964. The average molecular weight is 356 g/mol. The fraction of sp³-hybridized carbons (Fsp3) is 0.261. The van der Waals surface area contributed by atoms with Crippen molar-refractivity contribution in [2.24, 2.45) is 0 Å². The first kappa shape index (κ1) is 18.0. The van der Waals surface area contributed by atoms with Crippen LogP contribution < -0.4 is 5.46 Å². The molecule has 0 saturated carbocycles. The van der Waals surface area contributed by atoms with E-state index in [1.165, 1.54) is 10.8 Å². The Kier molecular flexibility index (Phi) is 4.21. The molecule has 0 spiro atoms. The standard InChI is InChI=1S/C23H23BNO2/c1-22(2,26)23(3,4)27-24-19-13-15-14-25-20-12-8-7-11-18(20)21(15)17-10-6-5-9-16(17)19/h5-14,26H,1-4H3. The number of hydrogen-bond acceptors (Lipinski definition) is 3. The summed E-state index contributed by atoms with van der Waals surface area (Å²) < 4.78 is 6.03. The van der Waals surface area contributed by atoms with Crippen molar-refractivity contribution in [3.63, 3.8) is 0 Å². The second-order valence-electron chi connectivity index (χ2n) is 8.06. The number of pyridine rings is 1. The van der Waals surface area contributed by atoms with Crippen molar-refractivity contribution in [3.05, 3.63) is 60.8 Å². The number of para-hydroxylation sites is 1. The lowest BCUT2D eigenvalue weighted by Gasteiger charge is -2.37. The molecular weight excluding hydrogens is 333 g/mol. The van der Waals surface area contributed by atoms with E-state index in [4.69, 9.17) is 4.65 Å². The molecule has 3 aromatic carbocycles. The summed E-state index contributed by atoms with van der Waals surface area (Å²) in [4.78, 5) is 4.61. The number of aromatic nitrogens is 1. The molecule has 4 heteroatoms. The van der Waals surface area contributed by atoms with Crippen molar-refractivity contribution in [2.45, 2.75) is 38.9 Å². The lowest BCUT2D eigenvalue weighted by Crippen LogP contribution is -2.49. The Labute approximate surface area is 160 Å². The van der Waals surface area contributed by atoms with Gasteiger partial charge in [-0.3, -0.25) is 4.98 Å². The van der Waals surface area contributed by atoms with Crippen LogP contribution in [0.25, 0.3) is 32.4 Å². The largest absolute Gasteiger partial charge is 0.427 e. The van der Waals surface area contributed by atoms with Crippen molar-refractivity contribution >= 4 is 45.4 Å². The van der Waals surface area contributed by atoms with Crippen LogP contribution in [-0.2, 0) is 4.65 Å². The fourth-order valence-corrected chi connectivity index (χ4v) is 3.22. The highest BCUT2D eigenvalue weighted by molar-refractivity contribution is 6.53. The van der Waals surface area contributed by atoms with Gasteiger partial charge in [-0.2, -0.15) is 0 Å². The van der Waals surface area contributed by atoms with E-state index in [9.17, 15) is 5.11 Å². The molecule has 0 fully saturated rings. The molecule has 0 aliphatic rings. The van der Waals surface area contributed by atoms with E-state index in [1.807, 2.05) is 44.3 Å². The second kappa shape index (κ2) is 6.33. The minimum Gasteiger partial charge on any atom is -0.427 e. The lowest BCUT2D eigenvalue weighted by molar-refractivity contribution is -0.0893. The second-order valence-corrected chi connectivity index (χ2v) is 8.06. The molecule has 4 aromatic rings. The van der Waals surface area contributed by atoms with Crippen molar-refractivity contribution in [1.29, 1.82) is 0 Å². The molecule has 4 rings (SSSR count). The molecule has 0 aliphatic carbocycles. The predicted octanol–water partition coefficient (Wildman–Crippen LogP) is 4.35. The molecule has 27 heavy (non-hydrogen) atoms. The first-order valence-electron chi connectivity index (χ1n) is 9.20. The zero-order valence-corrected chi connectivity index (χ0v) is 16.2. The van der Waals surface area contributed by atoms with Gasteiger partial charge in [0, 0.05) is 22.4 Å². The molecule has 0 aliphatic heterocycles. The van der Waals surface area contributed by atoms with Crippen molar-refractivity contribution < 1.29 is 9.76 Å². The third-order valence-electron chi connectivity index (χ3n) is 5.58. The maximum Gasteiger partial charge on any atom is 0.331 e. The summed E-state index contributed by atoms with van der Waals surface area (Å²) in [5.41, 5.74) is 0.289. The van der Waals surface area contributed by atoms with E-state index >= 15 is 0 Å². The molecule has 135 valence electrons. The normalized spacial score (nSPS) is 12.8. The summed E-state index contributed by atoms with van der Waals surface area (Å²) in [5, 5.41) is 16.1. The van der Waals surface area contributed by atoms with Crippen LogP contribution in [0.1, 0.15) is 27.7 Å². The maximum atomic E-state index is 10.4. The summed E-state index contributed by atoms with van der Waals surface area (Å²) in [6, 6.07) is 18.7. The van der Waals surface area contributed by atoms with E-state index < -0.39 is 11.2 Å². The minimum absolute atomic E-state index is 0.718. The van der Waals surface area contributed by atoms with Crippen LogP contribution in [0.2, 0.25) is 0 Å². The summed E-state index contributed by atoms with van der Waals surface area (Å²) >= 11 is 0. The van der Waals surface area contributed by atoms with Crippen LogP contribution in [-0.4, -0.2) is 28.8 Å². The SMILES string of the molecule is CC(C)(O)C(C)(C)O[B]c1cc2cnc3ccccc3c2c2ccccc12. The molecule has 3 nitrogen and oxygen atoms in total. The molecule has 0 atom stereocenters. The Morgan fingerprint density at radius 1 is 0.889 bits per heavy atom. The quantitative estimate of drug-likeness (QED) is 0.437. The summed E-state index contributed by atoms with van der Waals surface area (Å²) in [6.07, 6.45) is 1.92. The third kappa shape index (κ3) is 3.09. The van der Waals surface area contributed by atoms with Gasteiger partial charge in [-0.25, -0.2) is 0 Å². The Hall–Kier alpha value is -2.43. The lowest BCUT2D eigenvalue weighted by atomic mass is 9.79. The Balaban J connectivity index is 1.91. The van der Waals surface area contributed by atoms with Crippen molar-refractivity contribution in [2.75, 3.05) is 0 Å². The third-order valence-corrected chi connectivity index (χ3v) is 5.58. The van der Waals surface area contributed by atoms with E-state index in [0.717, 1.165) is 27.1 Å². The summed E-state index contributed by atoms with van der Waals surface area (Å²) in [6.45, 7) is 7.30. The molecule has 0 bridgehead atoms. The van der Waals surface area contributed by atoms with Crippen molar-refractivity contribution in [1.82, 2.24) is 4.98 Å². The maximum absolute atomic E-state index is 10.4. The monoisotopic (exact) mass is 356 g/mol. The van der Waals surface area contributed by atoms with E-state index in [1.54, 1.807) is 21.3 Å². The Morgan fingerprint density at radius 3 is 2.22 bits per heavy atom. The zero-order chi connectivity index (χ0) is 19.2. The van der Waals surface area contributed by atoms with Gasteiger partial charge in [0.25, 0.3) is 0 Å². The Bertz CT molecular complexity index is 1150. The molecule has 0 amide bonds. The van der Waals surface area contributed by atoms with Crippen LogP contribution in [0, 0.1) is 0 Å². The van der Waals surface area contributed by atoms with Crippen LogP contribution >= 0.6 is 0 Å². The van der Waals surface area contributed by atoms with Gasteiger partial charge >= 0.3 is 7.48 Å². The zero-order valence-electron chi connectivity index (χ0n) is 16.2. The Morgan fingerprint density at radius 2 is 1.52 bits per heavy atom. The van der Waals surface area contributed by atoms with Gasteiger partial charge < -0.3 is 9.76 Å². The van der Waals surface area contributed by atoms with Gasteiger partial charge in [-0.15, -0.1) is 0 Å². The molecular formula is C23H23BNO2. The number of benzene rings is 3. The highest BCUT2D eigenvalue weighted by atomic mass is 16.5. The van der Waals surface area contributed by atoms with E-state index in [2.05, 4.69) is 35.3 Å². The molecule has 1 N–H and O–H groups in total. The van der Waals surface area contributed by atoms with Gasteiger partial charge in [0.15, 0.2) is 0 Å². The number of fused-ring (bicyclic) bond motifs is 5. The first-order chi connectivity index (χ1) is 12.8. The average Bonchev–Trinajstić information content (AvgIpc) is 2.64. The van der Waals surface area contributed by atoms with Crippen molar-refractivity contribution in [3.8, 4) is 0 Å². The first-order valence-corrected chi connectivity index (χ1v) is 9.20. The van der Waals surface area contributed by atoms with Gasteiger partial charge in [0.05, 0.1) is 16.7 Å². The van der Waals surface area contributed by atoms with E-state index in [0.29, 0.717) is 0 Å². The van der Waals surface area contributed by atoms with Crippen LogP contribution in [0.15, 0.2) is 60.8 Å². The molecule has 1 heterocycles. The number of hydrogen-bond donors (Lipinski definition) is 1. The number of nitrogens with zero attached hydrogens (tertiary/aromatic N) is 1. The summed E-state index contributed by atoms with van der Waals surface area (Å²) in [7, 11) is 1.76. The smallest absolute Gasteiger partial charge is 0.331 e. The molecule has 0 saturated heterocycles. The topological polar surface area (TPSA) is 42.4 Å². The molecule has 1 radical (unpaired) electrons. The number of rotatable bonds is 4. The van der Waals surface area contributed by atoms with Crippen LogP contribution in [0.5, 0.6) is 0 Å².